The highest BCUT2D eigenvalue weighted by Crippen LogP contribution is 2.21. The van der Waals surface area contributed by atoms with Gasteiger partial charge in [-0.25, -0.2) is 0 Å². The molecule has 1 amide bonds. The lowest BCUT2D eigenvalue weighted by Crippen LogP contribution is -2.27. The lowest BCUT2D eigenvalue weighted by atomic mass is 10.2. The lowest BCUT2D eigenvalue weighted by molar-refractivity contribution is -0.118. The van der Waals surface area contributed by atoms with Crippen molar-refractivity contribution in [3.05, 3.63) is 59.7 Å². The van der Waals surface area contributed by atoms with Gasteiger partial charge in [-0.3, -0.25) is 4.79 Å². The number of carbonyl (C=O) groups excluding carboxylic acids is 1. The van der Waals surface area contributed by atoms with E-state index in [1.54, 1.807) is 23.5 Å². The second kappa shape index (κ2) is 8.91. The van der Waals surface area contributed by atoms with Gasteiger partial charge in [0, 0.05) is 22.1 Å². The van der Waals surface area contributed by atoms with Crippen molar-refractivity contribution in [1.82, 2.24) is 5.32 Å². The maximum Gasteiger partial charge on any atom is 0.230 e. The molecular weight excluding hydrogens is 310 g/mol. The molecule has 0 saturated carbocycles. The first-order valence-electron chi connectivity index (χ1n) is 7.30. The van der Waals surface area contributed by atoms with Crippen molar-refractivity contribution in [2.24, 2.45) is 0 Å². The fourth-order valence-corrected chi connectivity index (χ4v) is 3.53. The molecule has 0 aromatic heterocycles. The third-order valence-corrected chi connectivity index (χ3v) is 5.36. The molecule has 0 radical (unpaired) electrons. The smallest absolute Gasteiger partial charge is 0.230 e. The maximum absolute atomic E-state index is 11.8. The van der Waals surface area contributed by atoms with Crippen LogP contribution >= 0.6 is 23.5 Å². The zero-order valence-electron chi connectivity index (χ0n) is 13.0. The highest BCUT2D eigenvalue weighted by atomic mass is 32.2. The molecule has 22 heavy (non-hydrogen) atoms. The van der Waals surface area contributed by atoms with Crippen LogP contribution in [0.3, 0.4) is 0 Å². The molecule has 2 aromatic rings. The minimum Gasteiger partial charge on any atom is -0.355 e. The van der Waals surface area contributed by atoms with Gasteiger partial charge in [-0.05, 0) is 37.6 Å². The SMILES string of the molecule is Cc1ccc(SCCNC(=O)CSc2ccccc2C)cc1. The predicted molar refractivity (Wildman–Crippen MR) is 96.8 cm³/mol. The van der Waals surface area contributed by atoms with E-state index in [0.29, 0.717) is 12.3 Å². The molecule has 0 spiro atoms. The van der Waals surface area contributed by atoms with Crippen molar-refractivity contribution in [3.8, 4) is 0 Å². The van der Waals surface area contributed by atoms with E-state index in [0.717, 1.165) is 5.75 Å². The number of benzene rings is 2. The van der Waals surface area contributed by atoms with Crippen molar-refractivity contribution >= 4 is 29.4 Å². The number of amides is 1. The Bertz CT molecular complexity index is 611. The van der Waals surface area contributed by atoms with E-state index in [-0.39, 0.29) is 5.91 Å². The fraction of sp³-hybridized carbons (Fsp3) is 0.278. The second-order valence-corrected chi connectivity index (χ2v) is 7.25. The van der Waals surface area contributed by atoms with Gasteiger partial charge in [0.25, 0.3) is 0 Å². The highest BCUT2D eigenvalue weighted by molar-refractivity contribution is 8.00. The van der Waals surface area contributed by atoms with Crippen LogP contribution in [0.1, 0.15) is 11.1 Å². The summed E-state index contributed by atoms with van der Waals surface area (Å²) >= 11 is 3.36. The molecule has 2 nitrogen and oxygen atoms in total. The molecule has 0 unspecified atom stereocenters. The summed E-state index contributed by atoms with van der Waals surface area (Å²) in [5, 5.41) is 2.97. The van der Waals surface area contributed by atoms with E-state index in [1.807, 2.05) is 12.1 Å². The largest absolute Gasteiger partial charge is 0.355 e. The van der Waals surface area contributed by atoms with E-state index in [1.165, 1.54) is 20.9 Å². The fourth-order valence-electron chi connectivity index (χ4n) is 1.91. The second-order valence-electron chi connectivity index (χ2n) is 5.07. The zero-order chi connectivity index (χ0) is 15.8. The van der Waals surface area contributed by atoms with Crippen molar-refractivity contribution in [1.29, 1.82) is 0 Å². The van der Waals surface area contributed by atoms with E-state index in [2.05, 4.69) is 55.6 Å². The number of nitrogens with one attached hydrogen (secondary N) is 1. The number of carbonyl (C=O) groups is 1. The van der Waals surface area contributed by atoms with Gasteiger partial charge in [-0.2, -0.15) is 0 Å². The summed E-state index contributed by atoms with van der Waals surface area (Å²) in [6.07, 6.45) is 0. The minimum absolute atomic E-state index is 0.0951. The molecule has 2 aromatic carbocycles. The summed E-state index contributed by atoms with van der Waals surface area (Å²) in [7, 11) is 0. The van der Waals surface area contributed by atoms with Crippen molar-refractivity contribution in [3.63, 3.8) is 0 Å². The van der Waals surface area contributed by atoms with Crippen molar-refractivity contribution < 1.29 is 4.79 Å². The molecular formula is C18H21NOS2. The Morgan fingerprint density at radius 3 is 2.45 bits per heavy atom. The van der Waals surface area contributed by atoms with Gasteiger partial charge in [0.15, 0.2) is 0 Å². The highest BCUT2D eigenvalue weighted by Gasteiger charge is 2.04. The molecule has 1 N–H and O–H groups in total. The first-order chi connectivity index (χ1) is 10.6. The average Bonchev–Trinajstić information content (AvgIpc) is 2.52. The first kappa shape index (κ1) is 17.0. The van der Waals surface area contributed by atoms with Crippen LogP contribution in [0.25, 0.3) is 0 Å². The van der Waals surface area contributed by atoms with E-state index >= 15 is 0 Å². The third-order valence-electron chi connectivity index (χ3n) is 3.17. The molecule has 0 atom stereocenters. The number of aryl methyl sites for hydroxylation is 2. The Labute approximate surface area is 141 Å². The molecule has 0 aliphatic rings. The Morgan fingerprint density at radius 2 is 1.73 bits per heavy atom. The topological polar surface area (TPSA) is 29.1 Å². The van der Waals surface area contributed by atoms with Gasteiger partial charge < -0.3 is 5.32 Å². The molecule has 0 bridgehead atoms. The summed E-state index contributed by atoms with van der Waals surface area (Å²) in [5.41, 5.74) is 2.49. The lowest BCUT2D eigenvalue weighted by Gasteiger charge is -2.07. The minimum atomic E-state index is 0.0951. The third kappa shape index (κ3) is 5.78. The van der Waals surface area contributed by atoms with Gasteiger partial charge in [0.2, 0.25) is 5.91 Å². The van der Waals surface area contributed by atoms with Crippen LogP contribution in [0.4, 0.5) is 0 Å². The predicted octanol–water partition coefficient (Wildman–Crippen LogP) is 4.30. The monoisotopic (exact) mass is 331 g/mol. The summed E-state index contributed by atoms with van der Waals surface area (Å²) in [5.74, 6) is 1.46. The number of thioether (sulfide) groups is 2. The quantitative estimate of drug-likeness (QED) is 0.606. The van der Waals surface area contributed by atoms with Crippen LogP contribution in [-0.4, -0.2) is 24.0 Å². The molecule has 0 fully saturated rings. The Balaban J connectivity index is 1.64. The summed E-state index contributed by atoms with van der Waals surface area (Å²) < 4.78 is 0. The van der Waals surface area contributed by atoms with Crippen LogP contribution in [-0.2, 0) is 4.79 Å². The molecule has 4 heteroatoms. The summed E-state index contributed by atoms with van der Waals surface area (Å²) in [4.78, 5) is 14.3. The molecule has 116 valence electrons. The molecule has 0 aliphatic carbocycles. The van der Waals surface area contributed by atoms with Crippen molar-refractivity contribution in [2.75, 3.05) is 18.1 Å². The number of hydrogen-bond donors (Lipinski definition) is 1. The number of rotatable bonds is 7. The molecule has 0 aliphatic heterocycles. The Hall–Kier alpha value is -1.39. The maximum atomic E-state index is 11.8. The van der Waals surface area contributed by atoms with Gasteiger partial charge in [-0.15, -0.1) is 23.5 Å². The van der Waals surface area contributed by atoms with Gasteiger partial charge in [0.1, 0.15) is 0 Å². The van der Waals surface area contributed by atoms with E-state index in [4.69, 9.17) is 0 Å². The number of hydrogen-bond acceptors (Lipinski definition) is 3. The van der Waals surface area contributed by atoms with Gasteiger partial charge >= 0.3 is 0 Å². The Kier molecular flexibility index (Phi) is 6.87. The molecule has 0 heterocycles. The van der Waals surface area contributed by atoms with Crippen LogP contribution in [0.5, 0.6) is 0 Å². The van der Waals surface area contributed by atoms with Gasteiger partial charge in [0.05, 0.1) is 5.75 Å². The van der Waals surface area contributed by atoms with Crippen LogP contribution < -0.4 is 5.32 Å². The van der Waals surface area contributed by atoms with Crippen LogP contribution in [0.15, 0.2) is 58.3 Å². The first-order valence-corrected chi connectivity index (χ1v) is 9.27. The molecule has 0 saturated heterocycles. The van der Waals surface area contributed by atoms with Crippen LogP contribution in [0, 0.1) is 13.8 Å². The van der Waals surface area contributed by atoms with Gasteiger partial charge in [-0.1, -0.05) is 35.9 Å². The zero-order valence-corrected chi connectivity index (χ0v) is 14.6. The average molecular weight is 332 g/mol. The Morgan fingerprint density at radius 1 is 1.00 bits per heavy atom. The standard InChI is InChI=1S/C18H21NOS2/c1-14-7-9-16(10-8-14)21-12-11-19-18(20)13-22-17-6-4-3-5-15(17)2/h3-10H,11-13H2,1-2H3,(H,19,20). The van der Waals surface area contributed by atoms with Crippen LogP contribution in [0.2, 0.25) is 0 Å². The van der Waals surface area contributed by atoms with E-state index < -0.39 is 0 Å². The van der Waals surface area contributed by atoms with E-state index in [9.17, 15) is 4.79 Å². The normalized spacial score (nSPS) is 10.5. The summed E-state index contributed by atoms with van der Waals surface area (Å²) in [6.45, 7) is 4.85. The summed E-state index contributed by atoms with van der Waals surface area (Å²) in [6, 6.07) is 16.6. The molecule has 2 rings (SSSR count). The van der Waals surface area contributed by atoms with Crippen molar-refractivity contribution in [2.45, 2.75) is 23.6 Å².